The molecule has 2 fully saturated rings. The summed E-state index contributed by atoms with van der Waals surface area (Å²) < 4.78 is 5.52. The molecule has 2 rings (SSSR count). The summed E-state index contributed by atoms with van der Waals surface area (Å²) in [6.45, 7) is 1.70. The lowest BCUT2D eigenvalue weighted by atomic mass is 10.2. The van der Waals surface area contributed by atoms with Crippen molar-refractivity contribution in [1.29, 1.82) is 0 Å². The molecule has 1 atom stereocenters. The smallest absolute Gasteiger partial charge is 0.205 e. The van der Waals surface area contributed by atoms with E-state index in [-0.39, 0.29) is 0 Å². The molecule has 0 bridgehead atoms. The van der Waals surface area contributed by atoms with Crippen molar-refractivity contribution in [3.63, 3.8) is 0 Å². The quantitative estimate of drug-likeness (QED) is 0.268. The highest BCUT2D eigenvalue weighted by molar-refractivity contribution is 5.79. The first-order valence-electron chi connectivity index (χ1n) is 5.77. The van der Waals surface area contributed by atoms with Gasteiger partial charge in [0.25, 0.3) is 0 Å². The van der Waals surface area contributed by atoms with Gasteiger partial charge in [0.15, 0.2) is 0 Å². The highest BCUT2D eigenvalue weighted by Gasteiger charge is 2.22. The molecule has 5 nitrogen and oxygen atoms in total. The van der Waals surface area contributed by atoms with Crippen LogP contribution in [0.3, 0.4) is 0 Å². The van der Waals surface area contributed by atoms with Crippen molar-refractivity contribution < 1.29 is 4.74 Å². The average molecular weight is 212 g/mol. The minimum atomic E-state index is 0.411. The van der Waals surface area contributed by atoms with Crippen LogP contribution < -0.4 is 16.6 Å². The van der Waals surface area contributed by atoms with Crippen LogP contribution in [0.5, 0.6) is 0 Å². The first-order chi connectivity index (χ1) is 7.38. The third kappa shape index (κ3) is 3.68. The topological polar surface area (TPSA) is 71.7 Å². The second-order valence-corrected chi connectivity index (χ2v) is 4.22. The van der Waals surface area contributed by atoms with Crippen molar-refractivity contribution in [1.82, 2.24) is 10.7 Å². The maximum absolute atomic E-state index is 5.52. The third-order valence-corrected chi connectivity index (χ3v) is 2.80. The second kappa shape index (κ2) is 5.32. The van der Waals surface area contributed by atoms with E-state index in [9.17, 15) is 0 Å². The molecule has 1 unspecified atom stereocenters. The molecule has 86 valence electrons. The molecule has 5 heteroatoms. The van der Waals surface area contributed by atoms with Gasteiger partial charge in [0.05, 0.1) is 6.10 Å². The Morgan fingerprint density at radius 1 is 1.40 bits per heavy atom. The average Bonchev–Trinajstić information content (AvgIpc) is 2.91. The van der Waals surface area contributed by atoms with E-state index in [0.29, 0.717) is 12.1 Å². The normalized spacial score (nSPS) is 26.7. The van der Waals surface area contributed by atoms with Crippen molar-refractivity contribution in [2.45, 2.75) is 44.2 Å². The molecule has 0 amide bonds. The summed E-state index contributed by atoms with van der Waals surface area (Å²) in [5.41, 5.74) is 2.60. The molecule has 1 saturated carbocycles. The Labute approximate surface area is 90.4 Å². The van der Waals surface area contributed by atoms with Gasteiger partial charge in [0.2, 0.25) is 5.96 Å². The van der Waals surface area contributed by atoms with Gasteiger partial charge in [-0.15, -0.1) is 0 Å². The van der Waals surface area contributed by atoms with Crippen molar-refractivity contribution in [3.8, 4) is 0 Å². The Bertz CT molecular complexity index is 221. The maximum atomic E-state index is 5.52. The number of hydrazine groups is 1. The predicted molar refractivity (Wildman–Crippen MR) is 59.4 cm³/mol. The fourth-order valence-electron chi connectivity index (χ4n) is 1.75. The van der Waals surface area contributed by atoms with Gasteiger partial charge in [0, 0.05) is 19.2 Å². The van der Waals surface area contributed by atoms with Gasteiger partial charge in [-0.2, -0.15) is 0 Å². The Morgan fingerprint density at radius 2 is 2.27 bits per heavy atom. The minimum Gasteiger partial charge on any atom is -0.378 e. The van der Waals surface area contributed by atoms with E-state index in [1.54, 1.807) is 0 Å². The van der Waals surface area contributed by atoms with E-state index in [2.05, 4.69) is 15.7 Å². The molecule has 2 aliphatic rings. The molecule has 1 aliphatic carbocycles. The molecule has 1 saturated heterocycles. The Morgan fingerprint density at radius 3 is 2.87 bits per heavy atom. The summed E-state index contributed by atoms with van der Waals surface area (Å²) in [4.78, 5) is 4.38. The monoisotopic (exact) mass is 212 g/mol. The van der Waals surface area contributed by atoms with Gasteiger partial charge in [-0.05, 0) is 32.1 Å². The van der Waals surface area contributed by atoms with E-state index in [1.807, 2.05) is 0 Å². The summed E-state index contributed by atoms with van der Waals surface area (Å²) in [6.07, 6.45) is 6.23. The van der Waals surface area contributed by atoms with Crippen molar-refractivity contribution >= 4 is 5.96 Å². The number of rotatable bonds is 4. The maximum Gasteiger partial charge on any atom is 0.205 e. The lowest BCUT2D eigenvalue weighted by Crippen LogP contribution is -2.42. The van der Waals surface area contributed by atoms with E-state index in [1.165, 1.54) is 25.7 Å². The fraction of sp³-hybridized carbons (Fsp3) is 0.900. The standard InChI is InChI=1S/C10H20N4O/c11-14-10(13-8-3-4-8)12-6-5-9-2-1-7-15-9/h8-9H,1-7,11H2,(H2,12,13,14). The number of hydrogen-bond acceptors (Lipinski definition) is 3. The molecule has 0 aromatic carbocycles. The molecule has 0 radical (unpaired) electrons. The molecule has 0 aromatic heterocycles. The highest BCUT2D eigenvalue weighted by atomic mass is 16.5. The predicted octanol–water partition coefficient (Wildman–Crippen LogP) is 0.127. The molecule has 1 aliphatic heterocycles. The number of guanidine groups is 1. The number of nitrogens with one attached hydrogen (secondary N) is 2. The molecule has 1 heterocycles. The largest absolute Gasteiger partial charge is 0.378 e. The Kier molecular flexibility index (Phi) is 3.80. The summed E-state index contributed by atoms with van der Waals surface area (Å²) in [6, 6.07) is 0.586. The third-order valence-electron chi connectivity index (χ3n) is 2.80. The second-order valence-electron chi connectivity index (χ2n) is 4.22. The van der Waals surface area contributed by atoms with Crippen LogP contribution in [0.25, 0.3) is 0 Å². The number of ether oxygens (including phenoxy) is 1. The van der Waals surface area contributed by atoms with Crippen molar-refractivity contribution in [2.75, 3.05) is 13.2 Å². The van der Waals surface area contributed by atoms with E-state index < -0.39 is 0 Å². The first-order valence-corrected chi connectivity index (χ1v) is 5.77. The Balaban J connectivity index is 1.65. The lowest BCUT2D eigenvalue weighted by molar-refractivity contribution is 0.106. The van der Waals surface area contributed by atoms with Crippen LogP contribution in [0.15, 0.2) is 4.99 Å². The molecule has 0 aromatic rings. The van der Waals surface area contributed by atoms with Crippen LogP contribution in [-0.2, 0) is 4.74 Å². The van der Waals surface area contributed by atoms with Gasteiger partial charge >= 0.3 is 0 Å². The van der Waals surface area contributed by atoms with Gasteiger partial charge in [0.1, 0.15) is 0 Å². The van der Waals surface area contributed by atoms with Crippen LogP contribution in [0, 0.1) is 0 Å². The fourth-order valence-corrected chi connectivity index (χ4v) is 1.75. The van der Waals surface area contributed by atoms with Crippen LogP contribution in [0.4, 0.5) is 0 Å². The summed E-state index contributed by atoms with van der Waals surface area (Å²) in [5.74, 6) is 6.09. The zero-order valence-corrected chi connectivity index (χ0v) is 9.04. The lowest BCUT2D eigenvalue weighted by Gasteiger charge is -2.09. The number of nitrogens with two attached hydrogens (primary N) is 1. The van der Waals surface area contributed by atoms with E-state index in [0.717, 1.165) is 25.5 Å². The number of nitrogens with zero attached hydrogens (tertiary/aromatic N) is 1. The minimum absolute atomic E-state index is 0.411. The summed E-state index contributed by atoms with van der Waals surface area (Å²) in [5, 5.41) is 3.24. The van der Waals surface area contributed by atoms with E-state index >= 15 is 0 Å². The molecular weight excluding hydrogens is 192 g/mol. The van der Waals surface area contributed by atoms with Crippen LogP contribution in [0.1, 0.15) is 32.1 Å². The summed E-state index contributed by atoms with van der Waals surface area (Å²) in [7, 11) is 0. The molecule has 0 spiro atoms. The van der Waals surface area contributed by atoms with Gasteiger partial charge in [-0.3, -0.25) is 10.4 Å². The van der Waals surface area contributed by atoms with Gasteiger partial charge < -0.3 is 10.1 Å². The number of aliphatic imine (C=N–C) groups is 1. The highest BCUT2D eigenvalue weighted by Crippen LogP contribution is 2.18. The van der Waals surface area contributed by atoms with Gasteiger partial charge in [-0.25, -0.2) is 5.84 Å². The van der Waals surface area contributed by atoms with Crippen molar-refractivity contribution in [2.24, 2.45) is 10.8 Å². The first kappa shape index (κ1) is 10.7. The van der Waals surface area contributed by atoms with E-state index in [4.69, 9.17) is 10.6 Å². The van der Waals surface area contributed by atoms with Crippen molar-refractivity contribution in [3.05, 3.63) is 0 Å². The SMILES string of the molecule is NNC(=NCCC1CCCO1)NC1CC1. The summed E-state index contributed by atoms with van der Waals surface area (Å²) >= 11 is 0. The Hall–Kier alpha value is -0.810. The zero-order valence-electron chi connectivity index (χ0n) is 9.04. The molecular formula is C10H20N4O. The molecule has 4 N–H and O–H groups in total. The molecule has 15 heavy (non-hydrogen) atoms. The van der Waals surface area contributed by atoms with Crippen LogP contribution in [0.2, 0.25) is 0 Å². The van der Waals surface area contributed by atoms with Crippen LogP contribution in [-0.4, -0.2) is 31.3 Å². The van der Waals surface area contributed by atoms with Crippen LogP contribution >= 0.6 is 0 Å². The number of hydrogen-bond donors (Lipinski definition) is 3. The zero-order chi connectivity index (χ0) is 10.5. The van der Waals surface area contributed by atoms with Gasteiger partial charge in [-0.1, -0.05) is 0 Å².